The molecule has 1 fully saturated rings. The Morgan fingerprint density at radius 3 is 2.43 bits per heavy atom. The standard InChI is InChI=1S/C25H26F3N3O4/c1-2-35-21-8-7-16(14-31-23(33)18-5-3-4-6-19(18)24(31)34)11-20(21)22(32)29-12-17-9-10-30(13-17)15-25(26,27)28/h3-8,11,17H,2,9-10,12-15H2,1H3,(H,29,32). The van der Waals surface area contributed by atoms with Gasteiger partial charge in [0.25, 0.3) is 17.7 Å². The van der Waals surface area contributed by atoms with Gasteiger partial charge in [-0.2, -0.15) is 13.2 Å². The molecular weight excluding hydrogens is 463 g/mol. The quantitative estimate of drug-likeness (QED) is 0.575. The van der Waals surface area contributed by atoms with Crippen LogP contribution in [-0.2, 0) is 6.54 Å². The van der Waals surface area contributed by atoms with Crippen molar-refractivity contribution in [3.05, 3.63) is 64.7 Å². The van der Waals surface area contributed by atoms with Crippen molar-refractivity contribution in [2.75, 3.05) is 32.8 Å². The highest BCUT2D eigenvalue weighted by molar-refractivity contribution is 6.21. The van der Waals surface area contributed by atoms with E-state index in [0.717, 1.165) is 4.90 Å². The minimum Gasteiger partial charge on any atom is -0.493 e. The number of benzene rings is 2. The van der Waals surface area contributed by atoms with Crippen LogP contribution in [0.4, 0.5) is 13.2 Å². The highest BCUT2D eigenvalue weighted by Crippen LogP contribution is 2.27. The third-order valence-corrected chi connectivity index (χ3v) is 6.13. The number of ether oxygens (including phenoxy) is 1. The molecule has 2 aliphatic heterocycles. The van der Waals surface area contributed by atoms with Crippen molar-refractivity contribution in [3.8, 4) is 5.75 Å². The summed E-state index contributed by atoms with van der Waals surface area (Å²) in [5.74, 6) is -0.947. The van der Waals surface area contributed by atoms with Crippen molar-refractivity contribution in [1.82, 2.24) is 15.1 Å². The van der Waals surface area contributed by atoms with Crippen LogP contribution in [0, 0.1) is 5.92 Å². The van der Waals surface area contributed by atoms with Crippen LogP contribution in [0.15, 0.2) is 42.5 Å². The van der Waals surface area contributed by atoms with Gasteiger partial charge in [-0.15, -0.1) is 0 Å². The van der Waals surface area contributed by atoms with Crippen molar-refractivity contribution < 1.29 is 32.3 Å². The van der Waals surface area contributed by atoms with Crippen LogP contribution < -0.4 is 10.1 Å². The Kier molecular flexibility index (Phi) is 7.11. The zero-order valence-electron chi connectivity index (χ0n) is 19.2. The van der Waals surface area contributed by atoms with Gasteiger partial charge in [0.1, 0.15) is 5.75 Å². The molecule has 1 saturated heterocycles. The van der Waals surface area contributed by atoms with E-state index in [2.05, 4.69) is 5.32 Å². The lowest BCUT2D eigenvalue weighted by Crippen LogP contribution is -2.35. The number of alkyl halides is 3. The van der Waals surface area contributed by atoms with E-state index in [4.69, 9.17) is 4.74 Å². The molecule has 1 N–H and O–H groups in total. The van der Waals surface area contributed by atoms with E-state index in [1.807, 2.05) is 0 Å². The van der Waals surface area contributed by atoms with Crippen LogP contribution in [0.5, 0.6) is 5.75 Å². The van der Waals surface area contributed by atoms with Gasteiger partial charge in [0.2, 0.25) is 0 Å². The van der Waals surface area contributed by atoms with Gasteiger partial charge in [0, 0.05) is 13.1 Å². The molecule has 0 bridgehead atoms. The second-order valence-corrected chi connectivity index (χ2v) is 8.72. The highest BCUT2D eigenvalue weighted by atomic mass is 19.4. The van der Waals surface area contributed by atoms with E-state index < -0.39 is 30.4 Å². The summed E-state index contributed by atoms with van der Waals surface area (Å²) in [5.41, 5.74) is 1.51. The van der Waals surface area contributed by atoms with E-state index in [9.17, 15) is 27.6 Å². The van der Waals surface area contributed by atoms with Crippen molar-refractivity contribution in [2.24, 2.45) is 5.92 Å². The van der Waals surface area contributed by atoms with E-state index in [-0.39, 0.29) is 31.1 Å². The number of halogens is 3. The summed E-state index contributed by atoms with van der Waals surface area (Å²) in [6.07, 6.45) is -3.68. The average molecular weight is 489 g/mol. The molecule has 2 heterocycles. The van der Waals surface area contributed by atoms with E-state index in [0.29, 0.717) is 42.0 Å². The summed E-state index contributed by atoms with van der Waals surface area (Å²) < 4.78 is 43.5. The number of rotatable bonds is 8. The zero-order chi connectivity index (χ0) is 25.2. The molecule has 1 atom stereocenters. The van der Waals surface area contributed by atoms with Crippen LogP contribution in [0.25, 0.3) is 0 Å². The van der Waals surface area contributed by atoms with E-state index >= 15 is 0 Å². The lowest BCUT2D eigenvalue weighted by Gasteiger charge is -2.18. The Labute approximate surface area is 200 Å². The summed E-state index contributed by atoms with van der Waals surface area (Å²) in [4.78, 5) is 40.8. The number of hydrogen-bond donors (Lipinski definition) is 1. The van der Waals surface area contributed by atoms with E-state index in [1.54, 1.807) is 49.4 Å². The predicted octanol–water partition coefficient (Wildman–Crippen LogP) is 3.50. The number of amides is 3. The molecule has 10 heteroatoms. The van der Waals surface area contributed by atoms with Gasteiger partial charge in [-0.05, 0) is 55.6 Å². The van der Waals surface area contributed by atoms with Crippen LogP contribution in [0.3, 0.4) is 0 Å². The molecule has 2 aromatic carbocycles. The lowest BCUT2D eigenvalue weighted by molar-refractivity contribution is -0.143. The van der Waals surface area contributed by atoms with Crippen molar-refractivity contribution in [2.45, 2.75) is 26.1 Å². The molecule has 3 amide bonds. The summed E-state index contributed by atoms with van der Waals surface area (Å²) in [7, 11) is 0. The maximum Gasteiger partial charge on any atom is 0.401 e. The monoisotopic (exact) mass is 489 g/mol. The van der Waals surface area contributed by atoms with Gasteiger partial charge in [0.15, 0.2) is 0 Å². The summed E-state index contributed by atoms with van der Waals surface area (Å²) in [5, 5.41) is 2.80. The fourth-order valence-electron chi connectivity index (χ4n) is 4.51. The van der Waals surface area contributed by atoms with Crippen molar-refractivity contribution in [1.29, 1.82) is 0 Å². The minimum absolute atomic E-state index is 0.00589. The van der Waals surface area contributed by atoms with E-state index in [1.165, 1.54) is 4.90 Å². The Balaban J connectivity index is 1.43. The Morgan fingerprint density at radius 2 is 1.80 bits per heavy atom. The predicted molar refractivity (Wildman–Crippen MR) is 121 cm³/mol. The SMILES string of the molecule is CCOc1ccc(CN2C(=O)c3ccccc3C2=O)cc1C(=O)NCC1CCN(CC(F)(F)F)C1. The van der Waals surface area contributed by atoms with Crippen molar-refractivity contribution >= 4 is 17.7 Å². The third-order valence-electron chi connectivity index (χ3n) is 6.13. The van der Waals surface area contributed by atoms with Gasteiger partial charge >= 0.3 is 6.18 Å². The number of nitrogens with one attached hydrogen (secondary N) is 1. The Bertz CT molecular complexity index is 1100. The summed E-state index contributed by atoms with van der Waals surface area (Å²) >= 11 is 0. The van der Waals surface area contributed by atoms with Gasteiger partial charge in [-0.3, -0.25) is 24.2 Å². The second-order valence-electron chi connectivity index (χ2n) is 8.72. The molecule has 186 valence electrons. The number of imide groups is 1. The molecule has 0 aromatic heterocycles. The fraction of sp³-hybridized carbons (Fsp3) is 0.400. The number of carbonyl (C=O) groups is 3. The van der Waals surface area contributed by atoms with Gasteiger partial charge in [-0.25, -0.2) is 0 Å². The smallest absolute Gasteiger partial charge is 0.401 e. The zero-order valence-corrected chi connectivity index (χ0v) is 19.2. The first kappa shape index (κ1) is 24.7. The molecule has 0 aliphatic carbocycles. The number of fused-ring (bicyclic) bond motifs is 1. The van der Waals surface area contributed by atoms with Crippen LogP contribution in [-0.4, -0.2) is 66.5 Å². The molecule has 2 aliphatic rings. The first-order valence-electron chi connectivity index (χ1n) is 11.4. The fourth-order valence-corrected chi connectivity index (χ4v) is 4.51. The minimum atomic E-state index is -4.25. The van der Waals surface area contributed by atoms with Crippen LogP contribution >= 0.6 is 0 Å². The second kappa shape index (κ2) is 10.1. The maximum absolute atomic E-state index is 13.0. The maximum atomic E-state index is 13.0. The normalized spacial score (nSPS) is 18.2. The van der Waals surface area contributed by atoms with Gasteiger partial charge in [-0.1, -0.05) is 18.2 Å². The first-order valence-corrected chi connectivity index (χ1v) is 11.4. The van der Waals surface area contributed by atoms with Crippen LogP contribution in [0.2, 0.25) is 0 Å². The summed E-state index contributed by atoms with van der Waals surface area (Å²) in [6, 6.07) is 11.5. The van der Waals surface area contributed by atoms with Gasteiger partial charge < -0.3 is 10.1 Å². The molecule has 0 saturated carbocycles. The molecular formula is C25H26F3N3O4. The highest BCUT2D eigenvalue weighted by Gasteiger charge is 2.36. The Hall–Kier alpha value is -3.40. The summed E-state index contributed by atoms with van der Waals surface area (Å²) in [6.45, 7) is 1.98. The van der Waals surface area contributed by atoms with Gasteiger partial charge in [0.05, 0.1) is 36.4 Å². The topological polar surface area (TPSA) is 78.9 Å². The number of likely N-dealkylation sites (tertiary alicyclic amines) is 1. The Morgan fingerprint density at radius 1 is 1.11 bits per heavy atom. The lowest BCUT2D eigenvalue weighted by atomic mass is 10.1. The number of nitrogens with zero attached hydrogens (tertiary/aromatic N) is 2. The number of hydrogen-bond acceptors (Lipinski definition) is 5. The molecule has 35 heavy (non-hydrogen) atoms. The molecule has 1 unspecified atom stereocenters. The molecule has 2 aromatic rings. The number of carbonyl (C=O) groups excluding carboxylic acids is 3. The third kappa shape index (κ3) is 5.64. The first-order chi connectivity index (χ1) is 16.7. The molecule has 0 spiro atoms. The molecule has 0 radical (unpaired) electrons. The average Bonchev–Trinajstić information content (AvgIpc) is 3.35. The van der Waals surface area contributed by atoms with Crippen LogP contribution in [0.1, 0.15) is 50.0 Å². The molecule has 4 rings (SSSR count). The largest absolute Gasteiger partial charge is 0.493 e. The molecule has 7 nitrogen and oxygen atoms in total. The van der Waals surface area contributed by atoms with Crippen molar-refractivity contribution in [3.63, 3.8) is 0 Å².